The van der Waals surface area contributed by atoms with E-state index in [4.69, 9.17) is 4.98 Å². The van der Waals surface area contributed by atoms with Gasteiger partial charge in [-0.05, 0) is 19.8 Å². The number of carbonyl (C=O) groups is 1. The SMILES string of the molecule is Cc1nc(-c2ccccc2)c(-c2ccccc2)n1CCCCCCC(=O)N(C)C. The monoisotopic (exact) mass is 389 g/mol. The Hall–Kier alpha value is -2.88. The summed E-state index contributed by atoms with van der Waals surface area (Å²) in [6.45, 7) is 3.03. The van der Waals surface area contributed by atoms with Crippen molar-refractivity contribution < 1.29 is 4.79 Å². The first kappa shape index (κ1) is 20.8. The van der Waals surface area contributed by atoms with Crippen LogP contribution in [0.15, 0.2) is 60.7 Å². The van der Waals surface area contributed by atoms with Crippen molar-refractivity contribution in [2.24, 2.45) is 0 Å². The van der Waals surface area contributed by atoms with Crippen LogP contribution in [0.4, 0.5) is 0 Å². The average Bonchev–Trinajstić information content (AvgIpc) is 3.07. The number of hydrogen-bond donors (Lipinski definition) is 0. The van der Waals surface area contributed by atoms with Crippen LogP contribution in [-0.4, -0.2) is 34.5 Å². The van der Waals surface area contributed by atoms with Crippen molar-refractivity contribution in [3.8, 4) is 22.5 Å². The van der Waals surface area contributed by atoms with Crippen molar-refractivity contribution in [3.05, 3.63) is 66.5 Å². The van der Waals surface area contributed by atoms with E-state index in [-0.39, 0.29) is 5.91 Å². The maximum absolute atomic E-state index is 11.7. The van der Waals surface area contributed by atoms with Crippen LogP contribution < -0.4 is 0 Å². The summed E-state index contributed by atoms with van der Waals surface area (Å²) in [5.41, 5.74) is 4.59. The lowest BCUT2D eigenvalue weighted by atomic mass is 10.0. The number of nitrogens with zero attached hydrogens (tertiary/aromatic N) is 3. The van der Waals surface area contributed by atoms with Gasteiger partial charge in [-0.1, -0.05) is 73.5 Å². The molecule has 4 nitrogen and oxygen atoms in total. The molecule has 1 amide bonds. The molecule has 1 heterocycles. The van der Waals surface area contributed by atoms with Crippen molar-refractivity contribution in [2.75, 3.05) is 14.1 Å². The van der Waals surface area contributed by atoms with E-state index in [0.29, 0.717) is 6.42 Å². The maximum Gasteiger partial charge on any atom is 0.222 e. The minimum atomic E-state index is 0.217. The molecule has 4 heteroatoms. The first-order chi connectivity index (χ1) is 14.1. The molecule has 0 fully saturated rings. The van der Waals surface area contributed by atoms with Gasteiger partial charge in [0.05, 0.1) is 11.4 Å². The highest BCUT2D eigenvalue weighted by Crippen LogP contribution is 2.33. The van der Waals surface area contributed by atoms with Gasteiger partial charge in [0.1, 0.15) is 5.82 Å². The molecular formula is C25H31N3O. The molecule has 0 saturated carbocycles. The third-order valence-electron chi connectivity index (χ3n) is 5.27. The van der Waals surface area contributed by atoms with Crippen molar-refractivity contribution in [2.45, 2.75) is 45.6 Å². The van der Waals surface area contributed by atoms with E-state index in [1.54, 1.807) is 4.90 Å². The van der Waals surface area contributed by atoms with E-state index in [2.05, 4.69) is 60.0 Å². The molecule has 0 bridgehead atoms. The first-order valence-corrected chi connectivity index (χ1v) is 10.5. The number of aryl methyl sites for hydroxylation is 1. The smallest absolute Gasteiger partial charge is 0.222 e. The molecule has 3 rings (SSSR count). The molecule has 0 aliphatic rings. The molecule has 0 radical (unpaired) electrons. The van der Waals surface area contributed by atoms with Gasteiger partial charge in [0.2, 0.25) is 5.91 Å². The largest absolute Gasteiger partial charge is 0.349 e. The number of rotatable bonds is 9. The molecule has 152 valence electrons. The lowest BCUT2D eigenvalue weighted by Crippen LogP contribution is -2.20. The average molecular weight is 390 g/mol. The second kappa shape index (κ2) is 10.1. The Bertz CT molecular complexity index is 914. The Labute approximate surface area is 174 Å². The number of hydrogen-bond acceptors (Lipinski definition) is 2. The lowest BCUT2D eigenvalue weighted by Gasteiger charge is -2.12. The summed E-state index contributed by atoms with van der Waals surface area (Å²) >= 11 is 0. The molecule has 0 spiro atoms. The quantitative estimate of drug-likeness (QED) is 0.449. The summed E-state index contributed by atoms with van der Waals surface area (Å²) in [7, 11) is 3.64. The van der Waals surface area contributed by atoms with Gasteiger partial charge in [0.15, 0.2) is 0 Å². The van der Waals surface area contributed by atoms with Gasteiger partial charge in [0, 0.05) is 38.2 Å². The van der Waals surface area contributed by atoms with Gasteiger partial charge in [-0.25, -0.2) is 4.98 Å². The zero-order valence-corrected chi connectivity index (χ0v) is 17.8. The summed E-state index contributed by atoms with van der Waals surface area (Å²) in [6.07, 6.45) is 4.89. The Morgan fingerprint density at radius 2 is 1.45 bits per heavy atom. The summed E-state index contributed by atoms with van der Waals surface area (Å²) in [5.74, 6) is 1.26. The zero-order valence-electron chi connectivity index (χ0n) is 17.8. The second-order valence-corrected chi connectivity index (χ2v) is 7.69. The van der Waals surface area contributed by atoms with Crippen LogP contribution in [0.5, 0.6) is 0 Å². The Morgan fingerprint density at radius 3 is 2.07 bits per heavy atom. The van der Waals surface area contributed by atoms with Crippen LogP contribution in [-0.2, 0) is 11.3 Å². The molecule has 0 saturated heterocycles. The lowest BCUT2D eigenvalue weighted by molar-refractivity contribution is -0.128. The summed E-state index contributed by atoms with van der Waals surface area (Å²) in [4.78, 5) is 18.3. The number of imidazole rings is 1. The Morgan fingerprint density at radius 1 is 0.862 bits per heavy atom. The predicted octanol–water partition coefficient (Wildman–Crippen LogP) is 5.56. The number of carbonyl (C=O) groups excluding carboxylic acids is 1. The molecule has 0 aliphatic heterocycles. The normalized spacial score (nSPS) is 10.9. The number of unbranched alkanes of at least 4 members (excludes halogenated alkanes) is 3. The Kier molecular flexibility index (Phi) is 7.23. The van der Waals surface area contributed by atoms with E-state index in [9.17, 15) is 4.79 Å². The van der Waals surface area contributed by atoms with Crippen molar-refractivity contribution >= 4 is 5.91 Å². The topological polar surface area (TPSA) is 38.1 Å². The standard InChI is InChI=1S/C25H31N3O/c1-20-26-24(21-14-8-6-9-15-21)25(22-16-10-7-11-17-22)28(20)19-13-5-4-12-18-23(29)27(2)3/h6-11,14-17H,4-5,12-13,18-19H2,1-3H3. The van der Waals surface area contributed by atoms with Crippen molar-refractivity contribution in [1.29, 1.82) is 0 Å². The maximum atomic E-state index is 11.7. The molecule has 0 unspecified atom stereocenters. The minimum absolute atomic E-state index is 0.217. The summed E-state index contributed by atoms with van der Waals surface area (Å²) in [6, 6.07) is 20.9. The van der Waals surface area contributed by atoms with E-state index in [1.807, 2.05) is 26.2 Å². The summed E-state index contributed by atoms with van der Waals surface area (Å²) in [5, 5.41) is 0. The fourth-order valence-electron chi connectivity index (χ4n) is 3.65. The van der Waals surface area contributed by atoms with Crippen molar-refractivity contribution in [3.63, 3.8) is 0 Å². The van der Waals surface area contributed by atoms with Gasteiger partial charge in [-0.15, -0.1) is 0 Å². The first-order valence-electron chi connectivity index (χ1n) is 10.5. The minimum Gasteiger partial charge on any atom is -0.349 e. The summed E-state index contributed by atoms with van der Waals surface area (Å²) < 4.78 is 2.35. The fourth-order valence-corrected chi connectivity index (χ4v) is 3.65. The van der Waals surface area contributed by atoms with Crippen LogP contribution in [0.1, 0.15) is 37.9 Å². The van der Waals surface area contributed by atoms with Gasteiger partial charge in [0.25, 0.3) is 0 Å². The molecule has 2 aromatic carbocycles. The molecule has 3 aromatic rings. The molecule has 29 heavy (non-hydrogen) atoms. The number of benzene rings is 2. The van der Waals surface area contributed by atoms with Crippen LogP contribution in [0.25, 0.3) is 22.5 Å². The zero-order chi connectivity index (χ0) is 20.6. The highest BCUT2D eigenvalue weighted by atomic mass is 16.2. The molecule has 0 N–H and O–H groups in total. The van der Waals surface area contributed by atoms with E-state index in [0.717, 1.165) is 49.3 Å². The molecule has 0 atom stereocenters. The number of amides is 1. The third kappa shape index (κ3) is 5.35. The van der Waals surface area contributed by atoms with Crippen molar-refractivity contribution in [1.82, 2.24) is 14.5 Å². The van der Waals surface area contributed by atoms with Gasteiger partial charge >= 0.3 is 0 Å². The van der Waals surface area contributed by atoms with Crippen LogP contribution in [0.3, 0.4) is 0 Å². The van der Waals surface area contributed by atoms with Gasteiger partial charge in [-0.2, -0.15) is 0 Å². The van der Waals surface area contributed by atoms with E-state index < -0.39 is 0 Å². The van der Waals surface area contributed by atoms with Crippen LogP contribution in [0.2, 0.25) is 0 Å². The van der Waals surface area contributed by atoms with E-state index >= 15 is 0 Å². The highest BCUT2D eigenvalue weighted by molar-refractivity contribution is 5.79. The molecule has 0 aliphatic carbocycles. The molecule has 1 aromatic heterocycles. The highest BCUT2D eigenvalue weighted by Gasteiger charge is 2.17. The Balaban J connectivity index is 1.73. The molecular weight excluding hydrogens is 358 g/mol. The van der Waals surface area contributed by atoms with Crippen LogP contribution in [0, 0.1) is 6.92 Å². The van der Waals surface area contributed by atoms with Crippen LogP contribution >= 0.6 is 0 Å². The van der Waals surface area contributed by atoms with Gasteiger partial charge < -0.3 is 9.47 Å². The third-order valence-corrected chi connectivity index (χ3v) is 5.27. The number of aromatic nitrogens is 2. The van der Waals surface area contributed by atoms with E-state index in [1.165, 1.54) is 11.3 Å². The fraction of sp³-hybridized carbons (Fsp3) is 0.360. The predicted molar refractivity (Wildman–Crippen MR) is 120 cm³/mol. The second-order valence-electron chi connectivity index (χ2n) is 7.69. The van der Waals surface area contributed by atoms with Gasteiger partial charge in [-0.3, -0.25) is 4.79 Å².